The Morgan fingerprint density at radius 2 is 1.92 bits per heavy atom. The minimum Gasteiger partial charge on any atom is -0.351 e. The Bertz CT molecular complexity index is 686. The normalized spacial score (nSPS) is 16.3. The van der Waals surface area contributed by atoms with Crippen molar-refractivity contribution in [2.24, 2.45) is 0 Å². The zero-order valence-electron chi connectivity index (χ0n) is 14.1. The van der Waals surface area contributed by atoms with Gasteiger partial charge < -0.3 is 10.2 Å². The molecule has 0 radical (unpaired) electrons. The number of halogens is 1. The predicted molar refractivity (Wildman–Crippen MR) is 94.9 cm³/mol. The first-order valence-electron chi connectivity index (χ1n) is 8.05. The van der Waals surface area contributed by atoms with E-state index in [2.05, 4.69) is 5.32 Å². The molecule has 2 rings (SSSR count). The molecule has 1 aromatic rings. The lowest BCUT2D eigenvalue weighted by atomic mass is 10.2. The molecule has 0 unspecified atom stereocenters. The lowest BCUT2D eigenvalue weighted by molar-refractivity contribution is 0.0951. The number of rotatable bonds is 6. The first-order chi connectivity index (χ1) is 11.3. The summed E-state index contributed by atoms with van der Waals surface area (Å²) in [5.41, 5.74) is 0.300. The number of carbonyl (C=O) groups excluding carboxylic acids is 1. The van der Waals surface area contributed by atoms with E-state index in [4.69, 9.17) is 11.6 Å². The molecular formula is C16H24ClN3O3S. The van der Waals surface area contributed by atoms with Crippen molar-refractivity contribution in [3.8, 4) is 0 Å². The van der Waals surface area contributed by atoms with Gasteiger partial charge in [0, 0.05) is 31.7 Å². The molecule has 0 aromatic heterocycles. The fourth-order valence-electron chi connectivity index (χ4n) is 2.58. The fourth-order valence-corrected chi connectivity index (χ4v) is 4.60. The van der Waals surface area contributed by atoms with Crippen LogP contribution in [0.3, 0.4) is 0 Å². The monoisotopic (exact) mass is 373 g/mol. The summed E-state index contributed by atoms with van der Waals surface area (Å²) in [6, 6.07) is 4.39. The van der Waals surface area contributed by atoms with Crippen LogP contribution in [0.1, 0.15) is 29.6 Å². The van der Waals surface area contributed by atoms with E-state index in [0.29, 0.717) is 31.7 Å². The summed E-state index contributed by atoms with van der Waals surface area (Å²) >= 11 is 6.11. The third-order valence-corrected chi connectivity index (χ3v) is 6.35. The smallest absolute Gasteiger partial charge is 0.251 e. The number of amides is 1. The second-order valence-electron chi connectivity index (χ2n) is 6.17. The Morgan fingerprint density at radius 3 is 2.54 bits per heavy atom. The van der Waals surface area contributed by atoms with Crippen molar-refractivity contribution in [1.29, 1.82) is 0 Å². The molecule has 0 aliphatic carbocycles. The maximum atomic E-state index is 12.8. The zero-order chi connectivity index (χ0) is 17.7. The van der Waals surface area contributed by atoms with Gasteiger partial charge in [0.05, 0.1) is 5.02 Å². The number of carbonyl (C=O) groups is 1. The van der Waals surface area contributed by atoms with Gasteiger partial charge in [0.1, 0.15) is 4.90 Å². The maximum absolute atomic E-state index is 12.8. The van der Waals surface area contributed by atoms with Crippen LogP contribution in [-0.4, -0.2) is 63.8 Å². The van der Waals surface area contributed by atoms with Crippen LogP contribution in [0.5, 0.6) is 0 Å². The van der Waals surface area contributed by atoms with Crippen molar-refractivity contribution in [3.63, 3.8) is 0 Å². The lowest BCUT2D eigenvalue weighted by Crippen LogP contribution is -2.36. The Balaban J connectivity index is 2.20. The van der Waals surface area contributed by atoms with E-state index in [9.17, 15) is 13.2 Å². The molecule has 1 aliphatic heterocycles. The van der Waals surface area contributed by atoms with Gasteiger partial charge in [0.15, 0.2) is 0 Å². The molecule has 134 valence electrons. The zero-order valence-corrected chi connectivity index (χ0v) is 15.7. The van der Waals surface area contributed by atoms with Gasteiger partial charge in [-0.1, -0.05) is 18.0 Å². The molecule has 1 aromatic carbocycles. The molecule has 0 saturated carbocycles. The van der Waals surface area contributed by atoms with E-state index in [1.807, 2.05) is 19.0 Å². The first-order valence-corrected chi connectivity index (χ1v) is 9.87. The SMILES string of the molecule is CN(C)CCNC(=O)c1ccc(Cl)c(S(=O)(=O)N2CCCCC2)c1. The molecule has 24 heavy (non-hydrogen) atoms. The molecule has 0 bridgehead atoms. The standard InChI is InChI=1S/C16H24ClN3O3S/c1-19(2)11-8-18-16(21)13-6-7-14(17)15(12-13)24(22,23)20-9-4-3-5-10-20/h6-7,12H,3-5,8-11H2,1-2H3,(H,18,21). The highest BCUT2D eigenvalue weighted by atomic mass is 35.5. The quantitative estimate of drug-likeness (QED) is 0.825. The van der Waals surface area contributed by atoms with Crippen molar-refractivity contribution < 1.29 is 13.2 Å². The third kappa shape index (κ3) is 4.69. The average molecular weight is 374 g/mol. The summed E-state index contributed by atoms with van der Waals surface area (Å²) in [7, 11) is 0.159. The van der Waals surface area contributed by atoms with Crippen molar-refractivity contribution in [1.82, 2.24) is 14.5 Å². The topological polar surface area (TPSA) is 69.7 Å². The summed E-state index contributed by atoms with van der Waals surface area (Å²) in [6.07, 6.45) is 2.73. The van der Waals surface area contributed by atoms with Crippen LogP contribution >= 0.6 is 11.6 Å². The van der Waals surface area contributed by atoms with Gasteiger partial charge in [-0.2, -0.15) is 4.31 Å². The van der Waals surface area contributed by atoms with E-state index < -0.39 is 10.0 Å². The minimum atomic E-state index is -3.67. The van der Waals surface area contributed by atoms with Crippen molar-refractivity contribution in [2.45, 2.75) is 24.2 Å². The number of piperidine rings is 1. The number of nitrogens with zero attached hydrogens (tertiary/aromatic N) is 2. The molecule has 0 atom stereocenters. The van der Waals surface area contributed by atoms with Gasteiger partial charge in [-0.3, -0.25) is 4.79 Å². The summed E-state index contributed by atoms with van der Waals surface area (Å²) in [5, 5.41) is 2.92. The lowest BCUT2D eigenvalue weighted by Gasteiger charge is -2.26. The van der Waals surface area contributed by atoms with Gasteiger partial charge in [0.25, 0.3) is 5.91 Å². The van der Waals surface area contributed by atoms with Crippen molar-refractivity contribution >= 4 is 27.5 Å². The molecule has 1 aliphatic rings. The van der Waals surface area contributed by atoms with Crippen LogP contribution in [0.2, 0.25) is 5.02 Å². The number of benzene rings is 1. The van der Waals surface area contributed by atoms with Crippen molar-refractivity contribution in [2.75, 3.05) is 40.3 Å². The summed E-state index contributed by atoms with van der Waals surface area (Å²) < 4.78 is 27.0. The van der Waals surface area contributed by atoms with Crippen molar-refractivity contribution in [3.05, 3.63) is 28.8 Å². The molecule has 6 nitrogen and oxygen atoms in total. The van der Waals surface area contributed by atoms with E-state index in [1.165, 1.54) is 16.4 Å². The van der Waals surface area contributed by atoms with E-state index in [1.54, 1.807) is 6.07 Å². The van der Waals surface area contributed by atoms with Crippen LogP contribution in [0.4, 0.5) is 0 Å². The fraction of sp³-hybridized carbons (Fsp3) is 0.562. The highest BCUT2D eigenvalue weighted by Gasteiger charge is 2.28. The number of hydrogen-bond donors (Lipinski definition) is 1. The van der Waals surface area contributed by atoms with Crippen LogP contribution in [0.25, 0.3) is 0 Å². The Hall–Kier alpha value is -1.15. The number of hydrogen-bond acceptors (Lipinski definition) is 4. The van der Waals surface area contributed by atoms with E-state index in [-0.39, 0.29) is 15.8 Å². The van der Waals surface area contributed by atoms with Gasteiger partial charge in [-0.05, 0) is 45.1 Å². The highest BCUT2D eigenvalue weighted by Crippen LogP contribution is 2.27. The number of sulfonamides is 1. The minimum absolute atomic E-state index is 0.00586. The number of nitrogens with one attached hydrogen (secondary N) is 1. The van der Waals surface area contributed by atoms with Gasteiger partial charge in [-0.25, -0.2) is 8.42 Å². The Labute approximate surface area is 148 Å². The molecule has 1 heterocycles. The first kappa shape index (κ1) is 19.2. The second-order valence-corrected chi connectivity index (χ2v) is 8.48. The maximum Gasteiger partial charge on any atom is 0.251 e. The highest BCUT2D eigenvalue weighted by molar-refractivity contribution is 7.89. The Kier molecular flexibility index (Phi) is 6.62. The van der Waals surface area contributed by atoms with E-state index in [0.717, 1.165) is 19.3 Å². The average Bonchev–Trinajstić information content (AvgIpc) is 2.55. The largest absolute Gasteiger partial charge is 0.351 e. The van der Waals surface area contributed by atoms with Gasteiger partial charge in [-0.15, -0.1) is 0 Å². The predicted octanol–water partition coefficient (Wildman–Crippen LogP) is 1.81. The summed E-state index contributed by atoms with van der Waals surface area (Å²) in [6.45, 7) is 2.19. The van der Waals surface area contributed by atoms with E-state index >= 15 is 0 Å². The van der Waals surface area contributed by atoms with Crippen LogP contribution in [-0.2, 0) is 10.0 Å². The molecule has 1 saturated heterocycles. The number of likely N-dealkylation sites (N-methyl/N-ethyl adjacent to an activating group) is 1. The summed E-state index contributed by atoms with van der Waals surface area (Å²) in [5.74, 6) is -0.302. The van der Waals surface area contributed by atoms with Gasteiger partial charge >= 0.3 is 0 Å². The van der Waals surface area contributed by atoms with Crippen LogP contribution < -0.4 is 5.32 Å². The summed E-state index contributed by atoms with van der Waals surface area (Å²) in [4.78, 5) is 14.2. The molecule has 0 spiro atoms. The molecule has 1 fully saturated rings. The molecular weight excluding hydrogens is 350 g/mol. The molecule has 1 N–H and O–H groups in total. The second kappa shape index (κ2) is 8.29. The van der Waals surface area contributed by atoms with Crippen LogP contribution in [0.15, 0.2) is 23.1 Å². The third-order valence-electron chi connectivity index (χ3n) is 3.97. The van der Waals surface area contributed by atoms with Crippen LogP contribution in [0, 0.1) is 0 Å². The molecule has 1 amide bonds. The Morgan fingerprint density at radius 1 is 1.25 bits per heavy atom. The van der Waals surface area contributed by atoms with Gasteiger partial charge in [0.2, 0.25) is 10.0 Å². The molecule has 8 heteroatoms.